The maximum absolute atomic E-state index is 6.94. The zero-order valence-electron chi connectivity index (χ0n) is 79.8. The van der Waals surface area contributed by atoms with E-state index in [0.29, 0.717) is 29.1 Å². The number of benzene rings is 21. The second kappa shape index (κ2) is 33.3. The molecule has 21 aromatic carbocycles. The molecule has 30 rings (SSSR count). The van der Waals surface area contributed by atoms with Crippen LogP contribution in [0, 0.1) is 0 Å². The summed E-state index contributed by atoms with van der Waals surface area (Å²) in [6, 6.07) is 180. The van der Waals surface area contributed by atoms with Crippen LogP contribution < -0.4 is 14.2 Å². The first kappa shape index (κ1) is 84.2. The van der Waals surface area contributed by atoms with E-state index in [1.54, 1.807) is 0 Å². The van der Waals surface area contributed by atoms with Crippen LogP contribution >= 0.6 is 0 Å². The lowest BCUT2D eigenvalue weighted by atomic mass is 9.66. The summed E-state index contributed by atoms with van der Waals surface area (Å²) in [6.45, 7) is 0. The Bertz CT molecular complexity index is 9500. The molecule has 0 bridgehead atoms. The van der Waals surface area contributed by atoms with Gasteiger partial charge in [0, 0.05) is 83.3 Å². The van der Waals surface area contributed by atoms with Gasteiger partial charge in [0.05, 0.1) is 38.8 Å². The highest BCUT2D eigenvalue weighted by atomic mass is 16.5. The van der Waals surface area contributed by atoms with Gasteiger partial charge in [-0.15, -0.1) is 0 Å². The fraction of sp³-hybridized carbons (Fsp3) is 0.0217. The van der Waals surface area contributed by atoms with E-state index in [2.05, 4.69) is 497 Å². The van der Waals surface area contributed by atoms with Crippen LogP contribution in [0.5, 0.6) is 34.5 Å². The van der Waals surface area contributed by atoms with Crippen molar-refractivity contribution >= 4 is 10.9 Å². The van der Waals surface area contributed by atoms with Crippen molar-refractivity contribution in [1.29, 1.82) is 0 Å². The third kappa shape index (κ3) is 13.0. The quantitative estimate of drug-likeness (QED) is 0.110. The summed E-state index contributed by atoms with van der Waals surface area (Å²) in [7, 11) is 0. The normalized spacial score (nSPS) is 13.5. The van der Waals surface area contributed by atoms with Gasteiger partial charge in [0.25, 0.3) is 0 Å². The Kier molecular flexibility index (Phi) is 18.9. The van der Waals surface area contributed by atoms with Crippen LogP contribution in [0.4, 0.5) is 0 Å². The van der Waals surface area contributed by atoms with Gasteiger partial charge in [-0.2, -0.15) is 0 Å². The van der Waals surface area contributed by atoms with Crippen molar-refractivity contribution in [3.05, 3.63) is 570 Å². The van der Waals surface area contributed by atoms with Crippen LogP contribution in [0.15, 0.2) is 504 Å². The summed E-state index contributed by atoms with van der Waals surface area (Å²) in [5.74, 6) is 7.93. The van der Waals surface area contributed by atoms with E-state index in [4.69, 9.17) is 49.1 Å². The number of ether oxygens (including phenoxy) is 3. The topological polar surface area (TPSA) is 118 Å². The molecule has 24 aromatic rings. The molecule has 3 spiro atoms. The van der Waals surface area contributed by atoms with Crippen molar-refractivity contribution in [3.8, 4) is 214 Å². The smallest absolute Gasteiger partial charge is 0.164 e. The molecule has 688 valence electrons. The maximum atomic E-state index is 6.94. The fourth-order valence-corrected chi connectivity index (χ4v) is 24.5. The summed E-state index contributed by atoms with van der Waals surface area (Å²) in [4.78, 5) is 38.4. The molecule has 3 aromatic heterocycles. The van der Waals surface area contributed by atoms with E-state index in [9.17, 15) is 0 Å². The number of aromatic nitrogens is 7. The monoisotopic (exact) mass is 1890 g/mol. The van der Waals surface area contributed by atoms with Gasteiger partial charge in [-0.05, 0) is 207 Å². The number of fused-ring (bicyclic) bond motifs is 28. The molecule has 10 nitrogen and oxygen atoms in total. The molecule has 0 atom stereocenters. The van der Waals surface area contributed by atoms with Gasteiger partial charge < -0.3 is 14.2 Å². The first-order valence-electron chi connectivity index (χ1n) is 50.3. The molecule has 0 N–H and O–H groups in total. The molecular formula is C138H83N7O3. The van der Waals surface area contributed by atoms with E-state index < -0.39 is 16.2 Å². The van der Waals surface area contributed by atoms with Crippen LogP contribution in [-0.4, -0.2) is 34.9 Å². The van der Waals surface area contributed by atoms with Gasteiger partial charge in [-0.25, -0.2) is 34.9 Å². The molecule has 148 heavy (non-hydrogen) atoms. The lowest BCUT2D eigenvalue weighted by Crippen LogP contribution is -2.32. The number of rotatable bonds is 13. The van der Waals surface area contributed by atoms with Gasteiger partial charge >= 0.3 is 0 Å². The number of nitrogens with zero attached hydrogens (tertiary/aromatic N) is 7. The molecule has 3 aliphatic heterocycles. The molecule has 3 aliphatic carbocycles. The van der Waals surface area contributed by atoms with Crippen molar-refractivity contribution in [2.75, 3.05) is 0 Å². The molecule has 0 radical (unpaired) electrons. The Morgan fingerprint density at radius 1 is 0.135 bits per heavy atom. The van der Waals surface area contributed by atoms with Gasteiger partial charge in [-0.1, -0.05) is 419 Å². The van der Waals surface area contributed by atoms with Gasteiger partial charge in [0.15, 0.2) is 29.1 Å². The molecule has 10 heteroatoms. The molecule has 0 fully saturated rings. The highest BCUT2D eigenvalue weighted by molar-refractivity contribution is 6.00. The highest BCUT2D eigenvalue weighted by Crippen LogP contribution is 2.67. The maximum Gasteiger partial charge on any atom is 0.164 e. The Morgan fingerprint density at radius 2 is 0.399 bits per heavy atom. The summed E-state index contributed by atoms with van der Waals surface area (Å²) in [5, 5.41) is 0.972. The number of hydrogen-bond donors (Lipinski definition) is 0. The third-order valence-corrected chi connectivity index (χ3v) is 31.2. The predicted octanol–water partition coefficient (Wildman–Crippen LogP) is 33.7. The van der Waals surface area contributed by atoms with E-state index in [1.165, 1.54) is 33.4 Å². The Labute approximate surface area is 854 Å². The minimum Gasteiger partial charge on any atom is -0.457 e. The molecule has 0 unspecified atom stereocenters. The lowest BCUT2D eigenvalue weighted by molar-refractivity contribution is 0.436. The lowest BCUT2D eigenvalue weighted by Gasteiger charge is -2.39. The SMILES string of the molecule is c1ccc(-c2ccc(-c3nc(-c4cccc(-c5ccc(-c6ccc(-c7nc(-c8cccc(-c9ccc%10c(c9)-c9ccc(-c%11nc(-c%12ccc(-c%13ccccc%13)cc%12)nc%12ccccc%11%12)cc9C%109c%10ccccc%10Oc%10ccccc%109)c8)cc(-c8ccc9c(c8)C8(c%10ccccc%10Oc%10ccccc%108)c8ccccc8-9)n7)cc6)cc5)c4)nc(-c4ccc5c(c4)C4(c6ccccc6Oc6ccccc64)c4ccccc4-5)n3)cc2)cc1. The Balaban J connectivity index is 0.520. The molecule has 6 heterocycles. The number of para-hydroxylation sites is 7. The van der Waals surface area contributed by atoms with Crippen LogP contribution in [0.3, 0.4) is 0 Å². The second-order valence-electron chi connectivity index (χ2n) is 39.1. The van der Waals surface area contributed by atoms with Crippen LogP contribution in [0.1, 0.15) is 66.8 Å². The van der Waals surface area contributed by atoms with Gasteiger partial charge in [-0.3, -0.25) is 0 Å². The van der Waals surface area contributed by atoms with Gasteiger partial charge in [0.2, 0.25) is 0 Å². The summed E-state index contributed by atoms with van der Waals surface area (Å²) >= 11 is 0. The molecule has 0 saturated heterocycles. The second-order valence-corrected chi connectivity index (χ2v) is 39.1. The van der Waals surface area contributed by atoms with Crippen molar-refractivity contribution < 1.29 is 14.2 Å². The average Bonchev–Trinajstić information content (AvgIpc) is 1.52. The third-order valence-electron chi connectivity index (χ3n) is 31.2. The van der Waals surface area contributed by atoms with E-state index in [0.717, 1.165) is 229 Å². The van der Waals surface area contributed by atoms with Crippen molar-refractivity contribution in [1.82, 2.24) is 34.9 Å². The van der Waals surface area contributed by atoms with Crippen LogP contribution in [0.25, 0.3) is 191 Å². The predicted molar refractivity (Wildman–Crippen MR) is 591 cm³/mol. The largest absolute Gasteiger partial charge is 0.457 e. The van der Waals surface area contributed by atoms with Crippen molar-refractivity contribution in [2.24, 2.45) is 0 Å². The summed E-state index contributed by atoms with van der Waals surface area (Å²) < 4.78 is 20.5. The van der Waals surface area contributed by atoms with Crippen molar-refractivity contribution in [3.63, 3.8) is 0 Å². The average molecular weight is 1890 g/mol. The van der Waals surface area contributed by atoms with E-state index in [-0.39, 0.29) is 0 Å². The summed E-state index contributed by atoms with van der Waals surface area (Å²) in [5.41, 5.74) is 39.8. The fourth-order valence-electron chi connectivity index (χ4n) is 24.5. The Morgan fingerprint density at radius 3 is 0.858 bits per heavy atom. The highest BCUT2D eigenvalue weighted by Gasteiger charge is 2.55. The molecule has 0 saturated carbocycles. The zero-order chi connectivity index (χ0) is 97.3. The molecule has 6 aliphatic rings. The number of hydrogen-bond acceptors (Lipinski definition) is 10. The zero-order valence-corrected chi connectivity index (χ0v) is 79.8. The van der Waals surface area contributed by atoms with Gasteiger partial charge in [0.1, 0.15) is 34.5 Å². The molecule has 0 amide bonds. The van der Waals surface area contributed by atoms with Crippen molar-refractivity contribution in [2.45, 2.75) is 16.2 Å². The van der Waals surface area contributed by atoms with E-state index in [1.807, 2.05) is 6.07 Å². The first-order valence-corrected chi connectivity index (χ1v) is 50.3. The standard InChI is InChI=1S/C138H83N7O3/c1-3-27-84(28-4-1)86-57-65-92(66-58-86)132-139-121-46-18-9-37-107(121)130(142-132)99-70-74-106-108-79-96(72-76-111(108)138(119(106)81-99)116-44-16-23-51-128(116)148-129-52-24-17-45-117(129)138)95-32-25-33-97(77-95)122-83-123(98-69-73-104-102-35-7-10-38-109(102)136(118(104)80-98)112-40-12-19-47-124(112)146-125-48-20-13-41-113(125)136)141-131(140-122)91-63-61-89(62-64-91)88-53-55-90(56-54-88)94-31-26-34-100(78-94)134-143-133(93-67-59-87(60-68-93)85-29-5-2-6-30-85)144-135(145-134)101-71-75-105-103-36-8-11-39-110(103)137(120(105)82-101)114-42-14-21-49-126(114)147-127-50-22-15-43-115(127)137/h1-83H. The molecular weight excluding hydrogens is 1800 g/mol. The minimum absolute atomic E-state index is 0.562. The van der Waals surface area contributed by atoms with Crippen LogP contribution in [-0.2, 0) is 16.2 Å². The Hall–Kier alpha value is -19.6. The van der Waals surface area contributed by atoms with Crippen LogP contribution in [0.2, 0.25) is 0 Å². The van der Waals surface area contributed by atoms with E-state index >= 15 is 0 Å². The minimum atomic E-state index is -0.786. The first-order chi connectivity index (χ1) is 73.3. The summed E-state index contributed by atoms with van der Waals surface area (Å²) in [6.07, 6.45) is 0.